The summed E-state index contributed by atoms with van der Waals surface area (Å²) in [5.41, 5.74) is 0.838. The van der Waals surface area contributed by atoms with Gasteiger partial charge in [-0.25, -0.2) is 12.8 Å². The van der Waals surface area contributed by atoms with E-state index in [0.717, 1.165) is 0 Å². The van der Waals surface area contributed by atoms with E-state index >= 15 is 0 Å². The standard InChI is InChI=1S/C19H23FN2O4S/c1-13(2)11-21-19(23)12-26-18-9-8-17(10-14(18)3)27(24,25)22-16-6-4-15(20)5-7-16/h4-10,13,22H,11-12H2,1-3H3,(H,21,23). The Kier molecular flexibility index (Phi) is 6.79. The van der Waals surface area contributed by atoms with Gasteiger partial charge >= 0.3 is 0 Å². The van der Waals surface area contributed by atoms with Crippen molar-refractivity contribution in [3.05, 3.63) is 53.8 Å². The average molecular weight is 394 g/mol. The van der Waals surface area contributed by atoms with E-state index in [9.17, 15) is 17.6 Å². The molecule has 0 atom stereocenters. The van der Waals surface area contributed by atoms with Gasteiger partial charge in [-0.2, -0.15) is 0 Å². The largest absolute Gasteiger partial charge is 0.484 e. The molecule has 0 saturated heterocycles. The zero-order valence-electron chi connectivity index (χ0n) is 15.5. The summed E-state index contributed by atoms with van der Waals surface area (Å²) < 4.78 is 45.7. The molecule has 0 fully saturated rings. The van der Waals surface area contributed by atoms with Crippen LogP contribution in [0.3, 0.4) is 0 Å². The number of aryl methyl sites for hydroxylation is 1. The number of hydrogen-bond acceptors (Lipinski definition) is 4. The number of rotatable bonds is 8. The molecule has 0 aliphatic heterocycles. The van der Waals surface area contributed by atoms with E-state index in [-0.39, 0.29) is 23.1 Å². The van der Waals surface area contributed by atoms with Gasteiger partial charge in [0.1, 0.15) is 11.6 Å². The molecular weight excluding hydrogens is 371 g/mol. The second-order valence-electron chi connectivity index (χ2n) is 6.53. The number of carbonyl (C=O) groups is 1. The fourth-order valence-electron chi connectivity index (χ4n) is 2.20. The highest BCUT2D eigenvalue weighted by atomic mass is 32.2. The molecule has 0 aromatic heterocycles. The van der Waals surface area contributed by atoms with Crippen LogP contribution in [0.15, 0.2) is 47.4 Å². The monoisotopic (exact) mass is 394 g/mol. The van der Waals surface area contributed by atoms with Gasteiger partial charge in [0.05, 0.1) is 4.90 Å². The summed E-state index contributed by atoms with van der Waals surface area (Å²) in [6.45, 7) is 6.09. The summed E-state index contributed by atoms with van der Waals surface area (Å²) in [5, 5.41) is 2.74. The molecule has 0 aliphatic carbocycles. The van der Waals surface area contributed by atoms with E-state index in [1.54, 1.807) is 6.92 Å². The Labute approximate surface area is 158 Å². The average Bonchev–Trinajstić information content (AvgIpc) is 2.60. The number of halogens is 1. The van der Waals surface area contributed by atoms with Crippen molar-refractivity contribution in [1.82, 2.24) is 5.32 Å². The zero-order chi connectivity index (χ0) is 20.0. The number of anilines is 1. The molecule has 27 heavy (non-hydrogen) atoms. The van der Waals surface area contributed by atoms with Crippen LogP contribution >= 0.6 is 0 Å². The Bertz CT molecular complexity index is 896. The fourth-order valence-corrected chi connectivity index (χ4v) is 3.34. The molecule has 0 spiro atoms. The predicted octanol–water partition coefficient (Wildman–Crippen LogP) is 3.09. The van der Waals surface area contributed by atoms with Crippen molar-refractivity contribution in [2.45, 2.75) is 25.7 Å². The van der Waals surface area contributed by atoms with Crippen molar-refractivity contribution in [3.63, 3.8) is 0 Å². The van der Waals surface area contributed by atoms with E-state index < -0.39 is 15.8 Å². The van der Waals surface area contributed by atoms with Crippen LogP contribution in [0.5, 0.6) is 5.75 Å². The number of nitrogens with one attached hydrogen (secondary N) is 2. The lowest BCUT2D eigenvalue weighted by atomic mass is 10.2. The number of hydrogen-bond donors (Lipinski definition) is 2. The molecule has 0 aliphatic rings. The molecule has 2 rings (SSSR count). The van der Waals surface area contributed by atoms with Gasteiger partial charge in [0.2, 0.25) is 0 Å². The molecule has 0 bridgehead atoms. The second-order valence-corrected chi connectivity index (χ2v) is 8.21. The van der Waals surface area contributed by atoms with Crippen molar-refractivity contribution in [2.24, 2.45) is 5.92 Å². The minimum atomic E-state index is -3.82. The first kappa shape index (κ1) is 20.7. The van der Waals surface area contributed by atoms with Crippen molar-refractivity contribution in [3.8, 4) is 5.75 Å². The Balaban J connectivity index is 2.04. The first-order chi connectivity index (χ1) is 12.7. The third kappa shape index (κ3) is 6.25. The first-order valence-corrected chi connectivity index (χ1v) is 9.94. The quantitative estimate of drug-likeness (QED) is 0.721. The maximum absolute atomic E-state index is 12.9. The molecule has 2 aromatic carbocycles. The molecule has 8 heteroatoms. The lowest BCUT2D eigenvalue weighted by Crippen LogP contribution is -2.31. The number of ether oxygens (including phenoxy) is 1. The molecule has 2 N–H and O–H groups in total. The summed E-state index contributed by atoms with van der Waals surface area (Å²) in [7, 11) is -3.82. The molecule has 0 heterocycles. The first-order valence-electron chi connectivity index (χ1n) is 8.46. The maximum atomic E-state index is 12.9. The van der Waals surface area contributed by atoms with Crippen LogP contribution in [0.4, 0.5) is 10.1 Å². The van der Waals surface area contributed by atoms with Crippen LogP contribution in [-0.4, -0.2) is 27.5 Å². The van der Waals surface area contributed by atoms with E-state index in [1.807, 2.05) is 13.8 Å². The predicted molar refractivity (Wildman–Crippen MR) is 102 cm³/mol. The highest BCUT2D eigenvalue weighted by Gasteiger charge is 2.16. The Morgan fingerprint density at radius 2 is 1.81 bits per heavy atom. The van der Waals surface area contributed by atoms with Gasteiger partial charge in [-0.15, -0.1) is 0 Å². The molecule has 146 valence electrons. The van der Waals surface area contributed by atoms with Gasteiger partial charge < -0.3 is 10.1 Å². The van der Waals surface area contributed by atoms with Crippen LogP contribution in [0.2, 0.25) is 0 Å². The molecule has 6 nitrogen and oxygen atoms in total. The molecule has 1 amide bonds. The summed E-state index contributed by atoms with van der Waals surface area (Å²) >= 11 is 0. The maximum Gasteiger partial charge on any atom is 0.261 e. The third-order valence-electron chi connectivity index (χ3n) is 3.62. The number of amides is 1. The smallest absolute Gasteiger partial charge is 0.261 e. The molecule has 0 radical (unpaired) electrons. The Hall–Kier alpha value is -2.61. The minimum absolute atomic E-state index is 0.0425. The molecule has 0 saturated carbocycles. The van der Waals surface area contributed by atoms with Crippen molar-refractivity contribution in [1.29, 1.82) is 0 Å². The van der Waals surface area contributed by atoms with E-state index in [2.05, 4.69) is 10.0 Å². The van der Waals surface area contributed by atoms with Gasteiger partial charge in [0.25, 0.3) is 15.9 Å². The highest BCUT2D eigenvalue weighted by Crippen LogP contribution is 2.23. The lowest BCUT2D eigenvalue weighted by Gasteiger charge is -2.13. The third-order valence-corrected chi connectivity index (χ3v) is 5.00. The number of carbonyl (C=O) groups excluding carboxylic acids is 1. The summed E-state index contributed by atoms with van der Waals surface area (Å²) in [5.74, 6) is 0.0784. The minimum Gasteiger partial charge on any atom is -0.484 e. The summed E-state index contributed by atoms with van der Waals surface area (Å²) in [6.07, 6.45) is 0. The van der Waals surface area contributed by atoms with Gasteiger partial charge in [0, 0.05) is 12.2 Å². The van der Waals surface area contributed by atoms with E-state index in [1.165, 1.54) is 42.5 Å². The van der Waals surface area contributed by atoms with Crippen LogP contribution in [0, 0.1) is 18.7 Å². The number of benzene rings is 2. The van der Waals surface area contributed by atoms with Crippen molar-refractivity contribution < 1.29 is 22.3 Å². The van der Waals surface area contributed by atoms with E-state index in [4.69, 9.17) is 4.74 Å². The van der Waals surface area contributed by atoms with Gasteiger partial charge in [-0.05, 0) is 60.9 Å². The number of sulfonamides is 1. The van der Waals surface area contributed by atoms with Crippen LogP contribution < -0.4 is 14.8 Å². The van der Waals surface area contributed by atoms with Crippen LogP contribution in [0.1, 0.15) is 19.4 Å². The van der Waals surface area contributed by atoms with Crippen molar-refractivity contribution >= 4 is 21.6 Å². The second kappa shape index (κ2) is 8.85. The summed E-state index contributed by atoms with van der Waals surface area (Å²) in [4.78, 5) is 11.8. The Morgan fingerprint density at radius 1 is 1.15 bits per heavy atom. The highest BCUT2D eigenvalue weighted by molar-refractivity contribution is 7.92. The molecular formula is C19H23FN2O4S. The summed E-state index contributed by atoms with van der Waals surface area (Å²) in [6, 6.07) is 9.37. The lowest BCUT2D eigenvalue weighted by molar-refractivity contribution is -0.123. The fraction of sp³-hybridized carbons (Fsp3) is 0.316. The molecule has 2 aromatic rings. The van der Waals surface area contributed by atoms with Crippen molar-refractivity contribution in [2.75, 3.05) is 17.9 Å². The Morgan fingerprint density at radius 3 is 2.41 bits per heavy atom. The van der Waals surface area contributed by atoms with Crippen LogP contribution in [-0.2, 0) is 14.8 Å². The van der Waals surface area contributed by atoms with Gasteiger partial charge in [0.15, 0.2) is 6.61 Å². The van der Waals surface area contributed by atoms with Crippen LogP contribution in [0.25, 0.3) is 0 Å². The molecule has 0 unspecified atom stereocenters. The topological polar surface area (TPSA) is 84.5 Å². The zero-order valence-corrected chi connectivity index (χ0v) is 16.3. The van der Waals surface area contributed by atoms with Gasteiger partial charge in [-0.3, -0.25) is 9.52 Å². The van der Waals surface area contributed by atoms with E-state index in [0.29, 0.717) is 23.8 Å². The normalized spacial score (nSPS) is 11.3. The SMILES string of the molecule is Cc1cc(S(=O)(=O)Nc2ccc(F)cc2)ccc1OCC(=O)NCC(C)C. The van der Waals surface area contributed by atoms with Gasteiger partial charge in [-0.1, -0.05) is 13.8 Å².